The first-order chi connectivity index (χ1) is 20.0. The van der Waals surface area contributed by atoms with Crippen LogP contribution in [0.3, 0.4) is 0 Å². The molecule has 0 radical (unpaired) electrons. The number of carbonyl (C=O) groups excluding carboxylic acids is 4. The Morgan fingerprint density at radius 3 is 1.51 bits per heavy atom. The summed E-state index contributed by atoms with van der Waals surface area (Å²) >= 11 is 0. The van der Waals surface area contributed by atoms with E-state index in [1.807, 2.05) is 30.3 Å². The minimum absolute atomic E-state index is 0.0904. The van der Waals surface area contributed by atoms with Gasteiger partial charge in [-0.15, -0.1) is 0 Å². The van der Waals surface area contributed by atoms with Gasteiger partial charge in [-0.1, -0.05) is 54.6 Å². The van der Waals surface area contributed by atoms with E-state index in [0.29, 0.717) is 41.7 Å². The number of aliphatic hydroxyl groups is 1. The third-order valence-corrected chi connectivity index (χ3v) is 8.48. The second-order valence-corrected chi connectivity index (χ2v) is 11.0. The van der Waals surface area contributed by atoms with Crippen LogP contribution in [0.15, 0.2) is 78.9 Å². The molecule has 2 saturated carbocycles. The first-order valence-electron chi connectivity index (χ1n) is 14.2. The SMILES string of the molecule is O=C1c2ccccc2C(=O)N1[C@H]1CCC[C@H]1O.O=C1c2ccccc2C(=O)N1[C@H]1CCC[C@H]1OCc1ccccc1. The molecule has 2 aliphatic carbocycles. The highest BCUT2D eigenvalue weighted by Gasteiger charge is 2.45. The Morgan fingerprint density at radius 2 is 1.02 bits per heavy atom. The van der Waals surface area contributed by atoms with E-state index in [2.05, 4.69) is 0 Å². The van der Waals surface area contributed by atoms with Crippen LogP contribution < -0.4 is 0 Å². The maximum Gasteiger partial charge on any atom is 0.261 e. The van der Waals surface area contributed by atoms with Crippen LogP contribution in [0.1, 0.15) is 85.5 Å². The number of benzene rings is 3. The van der Waals surface area contributed by atoms with E-state index in [4.69, 9.17) is 4.74 Å². The maximum absolute atomic E-state index is 12.7. The first kappa shape index (κ1) is 27.1. The fraction of sp³-hybridized carbons (Fsp3) is 0.333. The van der Waals surface area contributed by atoms with Gasteiger partial charge in [0.25, 0.3) is 23.6 Å². The Morgan fingerprint density at radius 1 is 0.585 bits per heavy atom. The standard InChI is InChI=1S/C20H19NO3.C13H13NO3/c22-19-15-9-4-5-10-16(15)20(23)21(19)17-11-6-12-18(17)24-13-14-7-2-1-3-8-14;15-11-7-3-6-10(11)14-12(16)8-4-1-2-5-9(8)13(14)17/h1-5,7-10,17-18H,6,11-13H2;1-2,4-5,10-11,15H,3,6-7H2/t17-,18+;10-,11+/m00/s1. The molecular formula is C33H32N2O6. The second kappa shape index (κ2) is 11.4. The van der Waals surface area contributed by atoms with E-state index in [9.17, 15) is 24.3 Å². The molecule has 0 bridgehead atoms. The Bertz CT molecular complexity index is 1420. The van der Waals surface area contributed by atoms with Gasteiger partial charge in [0.15, 0.2) is 0 Å². The van der Waals surface area contributed by atoms with Crippen molar-refractivity contribution in [3.05, 3.63) is 107 Å². The lowest BCUT2D eigenvalue weighted by atomic mass is 10.1. The van der Waals surface area contributed by atoms with E-state index in [-0.39, 0.29) is 41.8 Å². The third-order valence-electron chi connectivity index (χ3n) is 8.48. The molecule has 4 atom stereocenters. The molecule has 4 amide bonds. The molecule has 41 heavy (non-hydrogen) atoms. The predicted molar refractivity (Wildman–Crippen MR) is 150 cm³/mol. The van der Waals surface area contributed by atoms with Gasteiger partial charge in [-0.05, 0) is 68.4 Å². The van der Waals surface area contributed by atoms with Gasteiger partial charge in [0.1, 0.15) is 0 Å². The van der Waals surface area contributed by atoms with Gasteiger partial charge in [-0.3, -0.25) is 29.0 Å². The highest BCUT2D eigenvalue weighted by molar-refractivity contribution is 6.22. The Hall–Kier alpha value is -4.14. The van der Waals surface area contributed by atoms with Crippen molar-refractivity contribution in [2.24, 2.45) is 0 Å². The number of hydrogen-bond acceptors (Lipinski definition) is 6. The zero-order valence-corrected chi connectivity index (χ0v) is 22.6. The Balaban J connectivity index is 0.000000156. The molecule has 7 rings (SSSR count). The average Bonchev–Trinajstić information content (AvgIpc) is 3.75. The number of fused-ring (bicyclic) bond motifs is 2. The first-order valence-corrected chi connectivity index (χ1v) is 14.2. The van der Waals surface area contributed by atoms with Crippen molar-refractivity contribution in [3.8, 4) is 0 Å². The molecule has 2 aliphatic heterocycles. The van der Waals surface area contributed by atoms with Crippen molar-refractivity contribution >= 4 is 23.6 Å². The van der Waals surface area contributed by atoms with Crippen LogP contribution in [0, 0.1) is 0 Å². The van der Waals surface area contributed by atoms with E-state index in [1.54, 1.807) is 48.5 Å². The number of imide groups is 2. The van der Waals surface area contributed by atoms with Crippen LogP contribution in [0.2, 0.25) is 0 Å². The largest absolute Gasteiger partial charge is 0.391 e. The summed E-state index contributed by atoms with van der Waals surface area (Å²) in [4.78, 5) is 52.3. The molecule has 8 heteroatoms. The molecule has 0 aromatic heterocycles. The summed E-state index contributed by atoms with van der Waals surface area (Å²) in [6, 6.07) is 23.3. The minimum atomic E-state index is -0.572. The van der Waals surface area contributed by atoms with Crippen molar-refractivity contribution in [2.75, 3.05) is 0 Å². The van der Waals surface area contributed by atoms with Gasteiger partial charge in [0, 0.05) is 0 Å². The van der Waals surface area contributed by atoms with E-state index in [0.717, 1.165) is 31.2 Å². The molecule has 4 aliphatic rings. The summed E-state index contributed by atoms with van der Waals surface area (Å²) in [5, 5.41) is 9.82. The number of amides is 4. The summed E-state index contributed by atoms with van der Waals surface area (Å²) in [6.45, 7) is 0.505. The normalized spacial score (nSPS) is 24.9. The van der Waals surface area contributed by atoms with Gasteiger partial charge in [-0.25, -0.2) is 0 Å². The second-order valence-electron chi connectivity index (χ2n) is 11.0. The third kappa shape index (κ3) is 4.98. The van der Waals surface area contributed by atoms with Crippen LogP contribution in [0.4, 0.5) is 0 Å². The zero-order valence-electron chi connectivity index (χ0n) is 22.6. The van der Waals surface area contributed by atoms with Gasteiger partial charge in [0.2, 0.25) is 0 Å². The van der Waals surface area contributed by atoms with Crippen LogP contribution in [0.25, 0.3) is 0 Å². The lowest BCUT2D eigenvalue weighted by Gasteiger charge is -2.28. The molecule has 8 nitrogen and oxygen atoms in total. The molecule has 3 aromatic rings. The molecule has 0 unspecified atom stereocenters. The van der Waals surface area contributed by atoms with Gasteiger partial charge in [-0.2, -0.15) is 0 Å². The molecule has 210 valence electrons. The van der Waals surface area contributed by atoms with Crippen molar-refractivity contribution < 1.29 is 29.0 Å². The molecule has 2 heterocycles. The zero-order chi connectivity index (χ0) is 28.5. The highest BCUT2D eigenvalue weighted by atomic mass is 16.5. The average molecular weight is 553 g/mol. The number of nitrogens with zero attached hydrogens (tertiary/aromatic N) is 2. The molecule has 0 spiro atoms. The van der Waals surface area contributed by atoms with Gasteiger partial charge < -0.3 is 9.84 Å². The lowest BCUT2D eigenvalue weighted by Crippen LogP contribution is -2.45. The van der Waals surface area contributed by atoms with E-state index >= 15 is 0 Å². The summed E-state index contributed by atoms with van der Waals surface area (Å²) in [6.07, 6.45) is 4.22. The van der Waals surface area contributed by atoms with Crippen LogP contribution in [-0.2, 0) is 11.3 Å². The minimum Gasteiger partial charge on any atom is -0.391 e. The number of rotatable bonds is 5. The van der Waals surface area contributed by atoms with Crippen LogP contribution in [-0.4, -0.2) is 62.8 Å². The Kier molecular flexibility index (Phi) is 7.51. The monoisotopic (exact) mass is 552 g/mol. The van der Waals surface area contributed by atoms with Crippen LogP contribution in [0.5, 0.6) is 0 Å². The van der Waals surface area contributed by atoms with Crippen molar-refractivity contribution in [2.45, 2.75) is 69.4 Å². The summed E-state index contributed by atoms with van der Waals surface area (Å²) < 4.78 is 6.06. The smallest absolute Gasteiger partial charge is 0.261 e. The number of hydrogen-bond donors (Lipinski definition) is 1. The number of aliphatic hydroxyl groups excluding tert-OH is 1. The van der Waals surface area contributed by atoms with Gasteiger partial charge in [0.05, 0.1) is 53.2 Å². The fourth-order valence-electron chi connectivity index (χ4n) is 6.41. The topological polar surface area (TPSA) is 104 Å². The maximum atomic E-state index is 12.7. The quantitative estimate of drug-likeness (QED) is 0.464. The molecule has 2 fully saturated rings. The fourth-order valence-corrected chi connectivity index (χ4v) is 6.41. The van der Waals surface area contributed by atoms with Crippen molar-refractivity contribution in [1.29, 1.82) is 0 Å². The number of carbonyl (C=O) groups is 4. The van der Waals surface area contributed by atoms with Crippen molar-refractivity contribution in [3.63, 3.8) is 0 Å². The lowest BCUT2D eigenvalue weighted by molar-refractivity contribution is -0.000764. The molecule has 1 N–H and O–H groups in total. The predicted octanol–water partition coefficient (Wildman–Crippen LogP) is 4.62. The summed E-state index contributed by atoms with van der Waals surface area (Å²) in [7, 11) is 0. The molecule has 3 aromatic carbocycles. The molecular weight excluding hydrogens is 520 g/mol. The van der Waals surface area contributed by atoms with Crippen LogP contribution >= 0.6 is 0 Å². The molecule has 0 saturated heterocycles. The van der Waals surface area contributed by atoms with Gasteiger partial charge >= 0.3 is 0 Å². The summed E-state index contributed by atoms with van der Waals surface area (Å²) in [5.41, 5.74) is 3.03. The van der Waals surface area contributed by atoms with Crippen molar-refractivity contribution in [1.82, 2.24) is 9.80 Å². The van der Waals surface area contributed by atoms with E-state index < -0.39 is 6.10 Å². The summed E-state index contributed by atoms with van der Waals surface area (Å²) in [5.74, 6) is -0.903. The van der Waals surface area contributed by atoms with E-state index in [1.165, 1.54) is 9.80 Å². The Labute approximate surface area is 238 Å². The number of ether oxygens (including phenoxy) is 1. The highest BCUT2D eigenvalue weighted by Crippen LogP contribution is 2.34.